The Balaban J connectivity index is 1.94. The predicted octanol–water partition coefficient (Wildman–Crippen LogP) is 3.48. The first-order valence-corrected chi connectivity index (χ1v) is 8.44. The van der Waals surface area contributed by atoms with Crippen molar-refractivity contribution in [1.82, 2.24) is 4.90 Å². The standard InChI is InChI=1S/C18H30N2O2/c1-4-15-9-5-6-10-20(15)11-7-8-14-12-16(19)18(22-3)13-17(14)21-2/h12-13,15H,4-11,19H2,1-3H3. The number of nitrogens with two attached hydrogens (primary N) is 1. The van der Waals surface area contributed by atoms with Gasteiger partial charge in [-0.05, 0) is 56.8 Å². The van der Waals surface area contributed by atoms with Gasteiger partial charge in [-0.25, -0.2) is 0 Å². The summed E-state index contributed by atoms with van der Waals surface area (Å²) in [5.74, 6) is 1.56. The number of hydrogen-bond donors (Lipinski definition) is 1. The number of hydrogen-bond acceptors (Lipinski definition) is 4. The zero-order valence-electron chi connectivity index (χ0n) is 14.2. The molecule has 124 valence electrons. The Bertz CT molecular complexity index is 476. The molecule has 2 N–H and O–H groups in total. The van der Waals surface area contributed by atoms with Crippen LogP contribution in [0.5, 0.6) is 11.5 Å². The minimum Gasteiger partial charge on any atom is -0.496 e. The topological polar surface area (TPSA) is 47.7 Å². The molecule has 0 spiro atoms. The maximum atomic E-state index is 6.02. The molecule has 1 fully saturated rings. The van der Waals surface area contributed by atoms with E-state index in [-0.39, 0.29) is 0 Å². The molecule has 1 aliphatic heterocycles. The number of aryl methyl sites for hydroxylation is 1. The summed E-state index contributed by atoms with van der Waals surface area (Å²) in [6.07, 6.45) is 7.48. The Morgan fingerprint density at radius 2 is 1.95 bits per heavy atom. The van der Waals surface area contributed by atoms with Gasteiger partial charge in [0.25, 0.3) is 0 Å². The number of nitrogens with zero attached hydrogens (tertiary/aromatic N) is 1. The second-order valence-electron chi connectivity index (χ2n) is 6.10. The third-order valence-electron chi connectivity index (χ3n) is 4.74. The van der Waals surface area contributed by atoms with E-state index in [1.807, 2.05) is 12.1 Å². The fourth-order valence-corrected chi connectivity index (χ4v) is 3.48. The number of piperidine rings is 1. The summed E-state index contributed by atoms with van der Waals surface area (Å²) >= 11 is 0. The van der Waals surface area contributed by atoms with Crippen LogP contribution in [0.4, 0.5) is 5.69 Å². The van der Waals surface area contributed by atoms with E-state index >= 15 is 0 Å². The minimum atomic E-state index is 0.683. The van der Waals surface area contributed by atoms with E-state index in [4.69, 9.17) is 15.2 Å². The zero-order chi connectivity index (χ0) is 15.9. The molecule has 1 saturated heterocycles. The van der Waals surface area contributed by atoms with Crippen LogP contribution in [0.3, 0.4) is 0 Å². The van der Waals surface area contributed by atoms with Crippen LogP contribution in [0.15, 0.2) is 12.1 Å². The average Bonchev–Trinajstić information content (AvgIpc) is 2.55. The summed E-state index contributed by atoms with van der Waals surface area (Å²) in [6, 6.07) is 4.66. The van der Waals surface area contributed by atoms with Crippen LogP contribution < -0.4 is 15.2 Å². The molecule has 1 aliphatic rings. The van der Waals surface area contributed by atoms with Gasteiger partial charge in [-0.3, -0.25) is 0 Å². The van der Waals surface area contributed by atoms with Crippen LogP contribution in [-0.4, -0.2) is 38.3 Å². The van der Waals surface area contributed by atoms with Gasteiger partial charge in [-0.1, -0.05) is 13.3 Å². The van der Waals surface area contributed by atoms with E-state index in [0.29, 0.717) is 11.4 Å². The van der Waals surface area contributed by atoms with E-state index < -0.39 is 0 Å². The first-order chi connectivity index (χ1) is 10.7. The summed E-state index contributed by atoms with van der Waals surface area (Å²) in [5.41, 5.74) is 7.88. The highest BCUT2D eigenvalue weighted by Crippen LogP contribution is 2.31. The van der Waals surface area contributed by atoms with Crippen molar-refractivity contribution in [3.8, 4) is 11.5 Å². The van der Waals surface area contributed by atoms with Crippen LogP contribution in [0.25, 0.3) is 0 Å². The van der Waals surface area contributed by atoms with Crippen molar-refractivity contribution in [3.63, 3.8) is 0 Å². The Morgan fingerprint density at radius 1 is 1.18 bits per heavy atom. The fourth-order valence-electron chi connectivity index (χ4n) is 3.48. The Hall–Kier alpha value is -1.42. The van der Waals surface area contributed by atoms with Gasteiger partial charge in [0.15, 0.2) is 0 Å². The molecule has 0 aromatic heterocycles. The van der Waals surface area contributed by atoms with Crippen molar-refractivity contribution in [1.29, 1.82) is 0 Å². The van der Waals surface area contributed by atoms with Crippen LogP contribution in [-0.2, 0) is 6.42 Å². The molecule has 0 amide bonds. The quantitative estimate of drug-likeness (QED) is 0.783. The molecule has 4 nitrogen and oxygen atoms in total. The van der Waals surface area contributed by atoms with Crippen molar-refractivity contribution < 1.29 is 9.47 Å². The Morgan fingerprint density at radius 3 is 2.64 bits per heavy atom. The van der Waals surface area contributed by atoms with E-state index in [1.165, 1.54) is 37.8 Å². The van der Waals surface area contributed by atoms with Gasteiger partial charge < -0.3 is 20.1 Å². The molecule has 0 radical (unpaired) electrons. The van der Waals surface area contributed by atoms with Gasteiger partial charge in [-0.2, -0.15) is 0 Å². The molecular formula is C18H30N2O2. The molecule has 1 atom stereocenters. The number of anilines is 1. The highest BCUT2D eigenvalue weighted by molar-refractivity contribution is 5.59. The smallest absolute Gasteiger partial charge is 0.145 e. The van der Waals surface area contributed by atoms with Crippen LogP contribution in [0.1, 0.15) is 44.6 Å². The normalized spacial score (nSPS) is 19.1. The number of likely N-dealkylation sites (tertiary alicyclic amines) is 1. The number of ether oxygens (including phenoxy) is 2. The largest absolute Gasteiger partial charge is 0.496 e. The molecule has 0 bridgehead atoms. The van der Waals surface area contributed by atoms with Gasteiger partial charge in [0.1, 0.15) is 11.5 Å². The molecule has 0 aliphatic carbocycles. The van der Waals surface area contributed by atoms with Crippen molar-refractivity contribution in [2.45, 2.75) is 51.5 Å². The second-order valence-corrected chi connectivity index (χ2v) is 6.10. The molecule has 22 heavy (non-hydrogen) atoms. The van der Waals surface area contributed by atoms with Gasteiger partial charge in [-0.15, -0.1) is 0 Å². The summed E-state index contributed by atoms with van der Waals surface area (Å²) in [7, 11) is 3.33. The third kappa shape index (κ3) is 4.07. The monoisotopic (exact) mass is 306 g/mol. The maximum Gasteiger partial charge on any atom is 0.145 e. The van der Waals surface area contributed by atoms with Crippen molar-refractivity contribution >= 4 is 5.69 Å². The second kappa shape index (κ2) is 8.28. The molecular weight excluding hydrogens is 276 g/mol. The lowest BCUT2D eigenvalue weighted by atomic mass is 9.99. The minimum absolute atomic E-state index is 0.683. The highest BCUT2D eigenvalue weighted by Gasteiger charge is 2.20. The lowest BCUT2D eigenvalue weighted by Crippen LogP contribution is -2.39. The SMILES string of the molecule is CCC1CCCCN1CCCc1cc(N)c(OC)cc1OC. The molecule has 2 rings (SSSR count). The van der Waals surface area contributed by atoms with E-state index in [9.17, 15) is 0 Å². The van der Waals surface area contributed by atoms with Gasteiger partial charge >= 0.3 is 0 Å². The molecule has 0 saturated carbocycles. The molecule has 1 aromatic rings. The summed E-state index contributed by atoms with van der Waals surface area (Å²) in [5, 5.41) is 0. The fraction of sp³-hybridized carbons (Fsp3) is 0.667. The number of benzene rings is 1. The first-order valence-electron chi connectivity index (χ1n) is 8.44. The van der Waals surface area contributed by atoms with Crippen LogP contribution >= 0.6 is 0 Å². The van der Waals surface area contributed by atoms with Crippen molar-refractivity contribution in [2.24, 2.45) is 0 Å². The van der Waals surface area contributed by atoms with Gasteiger partial charge in [0.05, 0.1) is 19.9 Å². The van der Waals surface area contributed by atoms with Crippen molar-refractivity contribution in [3.05, 3.63) is 17.7 Å². The predicted molar refractivity (Wildman–Crippen MR) is 91.8 cm³/mol. The Kier molecular flexibility index (Phi) is 6.37. The lowest BCUT2D eigenvalue weighted by molar-refractivity contribution is 0.142. The summed E-state index contributed by atoms with van der Waals surface area (Å²) in [6.45, 7) is 4.71. The Labute approximate surface area is 134 Å². The number of methoxy groups -OCH3 is 2. The third-order valence-corrected chi connectivity index (χ3v) is 4.74. The summed E-state index contributed by atoms with van der Waals surface area (Å²) < 4.78 is 10.7. The van der Waals surface area contributed by atoms with E-state index in [1.54, 1.807) is 14.2 Å². The number of rotatable bonds is 7. The van der Waals surface area contributed by atoms with E-state index in [0.717, 1.165) is 31.2 Å². The highest BCUT2D eigenvalue weighted by atomic mass is 16.5. The molecule has 1 heterocycles. The van der Waals surface area contributed by atoms with Crippen LogP contribution in [0.2, 0.25) is 0 Å². The zero-order valence-corrected chi connectivity index (χ0v) is 14.2. The first kappa shape index (κ1) is 16.9. The van der Waals surface area contributed by atoms with Gasteiger partial charge in [0, 0.05) is 12.1 Å². The molecule has 1 unspecified atom stereocenters. The number of nitrogen functional groups attached to an aromatic ring is 1. The van der Waals surface area contributed by atoms with Crippen LogP contribution in [0, 0.1) is 0 Å². The maximum absolute atomic E-state index is 6.02. The molecule has 1 aromatic carbocycles. The van der Waals surface area contributed by atoms with Gasteiger partial charge in [0.2, 0.25) is 0 Å². The van der Waals surface area contributed by atoms with E-state index in [2.05, 4.69) is 11.8 Å². The summed E-state index contributed by atoms with van der Waals surface area (Å²) in [4.78, 5) is 2.66. The lowest BCUT2D eigenvalue weighted by Gasteiger charge is -2.35. The van der Waals surface area contributed by atoms with Crippen molar-refractivity contribution in [2.75, 3.05) is 33.0 Å². The average molecular weight is 306 g/mol. The molecule has 4 heteroatoms.